The Kier molecular flexibility index (Phi) is 5.07. The van der Waals surface area contributed by atoms with E-state index in [9.17, 15) is 9.59 Å². The predicted molar refractivity (Wildman–Crippen MR) is 97.2 cm³/mol. The summed E-state index contributed by atoms with van der Waals surface area (Å²) in [4.78, 5) is 28.6. The van der Waals surface area contributed by atoms with Gasteiger partial charge < -0.3 is 19.1 Å². The van der Waals surface area contributed by atoms with Crippen molar-refractivity contribution in [3.8, 4) is 5.75 Å². The maximum absolute atomic E-state index is 12.5. The van der Waals surface area contributed by atoms with Gasteiger partial charge in [0.1, 0.15) is 12.3 Å². The van der Waals surface area contributed by atoms with E-state index in [2.05, 4.69) is 4.90 Å². The van der Waals surface area contributed by atoms with Gasteiger partial charge in [-0.25, -0.2) is 0 Å². The highest BCUT2D eigenvalue weighted by Gasteiger charge is 2.23. The Morgan fingerprint density at radius 1 is 1.08 bits per heavy atom. The summed E-state index contributed by atoms with van der Waals surface area (Å²) in [6.07, 6.45) is 1.66. The lowest BCUT2D eigenvalue weighted by atomic mass is 10.2. The Labute approximate surface area is 147 Å². The summed E-state index contributed by atoms with van der Waals surface area (Å²) < 4.78 is 6.89. The van der Waals surface area contributed by atoms with E-state index in [1.54, 1.807) is 32.4 Å². The van der Waals surface area contributed by atoms with Crippen LogP contribution in [0.3, 0.4) is 0 Å². The van der Waals surface area contributed by atoms with E-state index >= 15 is 0 Å². The maximum atomic E-state index is 12.5. The Morgan fingerprint density at radius 2 is 1.80 bits per heavy atom. The van der Waals surface area contributed by atoms with Crippen molar-refractivity contribution in [1.82, 2.24) is 9.47 Å². The summed E-state index contributed by atoms with van der Waals surface area (Å²) in [5.74, 6) is 0.820. The smallest absolute Gasteiger partial charge is 0.253 e. The van der Waals surface area contributed by atoms with E-state index in [-0.39, 0.29) is 18.0 Å². The van der Waals surface area contributed by atoms with Gasteiger partial charge in [-0.15, -0.1) is 0 Å². The Balaban J connectivity index is 1.63. The van der Waals surface area contributed by atoms with E-state index in [0.29, 0.717) is 18.7 Å². The molecule has 6 heteroatoms. The Hall–Kier alpha value is -2.76. The van der Waals surface area contributed by atoms with Crippen LogP contribution in [0.5, 0.6) is 5.75 Å². The fraction of sp³-hybridized carbons (Fsp3) is 0.368. The van der Waals surface area contributed by atoms with Gasteiger partial charge in [0.05, 0.1) is 12.8 Å². The molecule has 0 N–H and O–H groups in total. The molecule has 0 unspecified atom stereocenters. The second-order valence-corrected chi connectivity index (χ2v) is 6.16. The van der Waals surface area contributed by atoms with Crippen LogP contribution in [0.1, 0.15) is 5.56 Å². The fourth-order valence-electron chi connectivity index (χ4n) is 3.11. The lowest BCUT2D eigenvalue weighted by molar-refractivity contribution is -0.132. The third-order valence-corrected chi connectivity index (χ3v) is 4.57. The van der Waals surface area contributed by atoms with E-state index in [1.807, 2.05) is 29.2 Å². The summed E-state index contributed by atoms with van der Waals surface area (Å²) >= 11 is 0. The molecule has 0 aliphatic carbocycles. The lowest BCUT2D eigenvalue weighted by Gasteiger charge is -2.36. The number of rotatable bonds is 4. The summed E-state index contributed by atoms with van der Waals surface area (Å²) in [6.45, 7) is 4.61. The number of benzene rings is 1. The molecule has 2 aromatic rings. The summed E-state index contributed by atoms with van der Waals surface area (Å²) in [5, 5.41) is 0. The highest BCUT2D eigenvalue weighted by molar-refractivity contribution is 5.76. The molecule has 1 aromatic carbocycles. The summed E-state index contributed by atoms with van der Waals surface area (Å²) in [7, 11) is 1.66. The molecule has 1 saturated heterocycles. The second kappa shape index (κ2) is 7.42. The van der Waals surface area contributed by atoms with Crippen molar-refractivity contribution in [2.75, 3.05) is 38.2 Å². The van der Waals surface area contributed by atoms with Crippen LogP contribution in [0, 0.1) is 6.92 Å². The molecule has 1 aliphatic rings. The largest absolute Gasteiger partial charge is 0.495 e. The number of aryl methyl sites for hydroxylation is 1. The number of methoxy groups -OCH3 is 1. The molecule has 132 valence electrons. The zero-order chi connectivity index (χ0) is 17.8. The fourth-order valence-corrected chi connectivity index (χ4v) is 3.11. The average Bonchev–Trinajstić information content (AvgIpc) is 2.65. The van der Waals surface area contributed by atoms with Gasteiger partial charge in [-0.3, -0.25) is 9.59 Å². The van der Waals surface area contributed by atoms with Gasteiger partial charge >= 0.3 is 0 Å². The number of piperazine rings is 1. The van der Waals surface area contributed by atoms with Crippen LogP contribution < -0.4 is 15.2 Å². The minimum Gasteiger partial charge on any atom is -0.495 e. The number of aromatic nitrogens is 1. The van der Waals surface area contributed by atoms with Gasteiger partial charge in [0.15, 0.2) is 0 Å². The van der Waals surface area contributed by atoms with Crippen molar-refractivity contribution in [2.24, 2.45) is 0 Å². The number of hydrogen-bond donors (Lipinski definition) is 0. The van der Waals surface area contributed by atoms with Crippen molar-refractivity contribution in [3.05, 3.63) is 58.5 Å². The minimum atomic E-state index is -0.108. The molecule has 0 spiro atoms. The summed E-state index contributed by atoms with van der Waals surface area (Å²) in [5.41, 5.74) is 1.59. The number of carbonyl (C=O) groups excluding carboxylic acids is 1. The average molecular weight is 341 g/mol. The number of carbonyl (C=O) groups is 1. The third-order valence-electron chi connectivity index (χ3n) is 4.57. The minimum absolute atomic E-state index is 0.0209. The normalized spacial score (nSPS) is 14.5. The SMILES string of the molecule is COc1ccccc1N1CCN(C(=O)Cn2cccc(C)c2=O)CC1. The van der Waals surface area contributed by atoms with Crippen LogP contribution >= 0.6 is 0 Å². The maximum Gasteiger partial charge on any atom is 0.253 e. The van der Waals surface area contributed by atoms with Gasteiger partial charge in [0, 0.05) is 37.9 Å². The highest BCUT2D eigenvalue weighted by atomic mass is 16.5. The van der Waals surface area contributed by atoms with Crippen molar-refractivity contribution < 1.29 is 9.53 Å². The van der Waals surface area contributed by atoms with Gasteiger partial charge in [-0.1, -0.05) is 18.2 Å². The molecular formula is C19H23N3O3. The van der Waals surface area contributed by atoms with Crippen LogP contribution in [0.2, 0.25) is 0 Å². The Morgan fingerprint density at radius 3 is 2.52 bits per heavy atom. The third kappa shape index (κ3) is 3.68. The van der Waals surface area contributed by atoms with Crippen molar-refractivity contribution in [2.45, 2.75) is 13.5 Å². The first-order valence-electron chi connectivity index (χ1n) is 8.42. The van der Waals surface area contributed by atoms with Crippen LogP contribution in [0.15, 0.2) is 47.4 Å². The van der Waals surface area contributed by atoms with E-state index in [1.165, 1.54) is 4.57 Å². The second-order valence-electron chi connectivity index (χ2n) is 6.16. The predicted octanol–water partition coefficient (Wildman–Crippen LogP) is 1.51. The molecule has 0 atom stereocenters. The number of amides is 1. The first-order chi connectivity index (χ1) is 12.1. The number of ether oxygens (including phenoxy) is 1. The number of para-hydroxylation sites is 2. The monoisotopic (exact) mass is 341 g/mol. The van der Waals surface area contributed by atoms with Crippen molar-refractivity contribution in [1.29, 1.82) is 0 Å². The molecule has 3 rings (SSSR count). The van der Waals surface area contributed by atoms with Crippen molar-refractivity contribution in [3.63, 3.8) is 0 Å². The number of hydrogen-bond acceptors (Lipinski definition) is 4. The van der Waals surface area contributed by atoms with Gasteiger partial charge in [-0.05, 0) is 25.1 Å². The molecule has 6 nitrogen and oxygen atoms in total. The lowest BCUT2D eigenvalue weighted by Crippen LogP contribution is -2.50. The zero-order valence-corrected chi connectivity index (χ0v) is 14.6. The number of anilines is 1. The molecular weight excluding hydrogens is 318 g/mol. The highest BCUT2D eigenvalue weighted by Crippen LogP contribution is 2.28. The molecule has 1 aliphatic heterocycles. The standard InChI is InChI=1S/C19H23N3O3/c1-15-6-5-9-22(19(15)24)14-18(23)21-12-10-20(11-13-21)16-7-3-4-8-17(16)25-2/h3-9H,10-14H2,1-2H3. The molecule has 25 heavy (non-hydrogen) atoms. The van der Waals surface area contributed by atoms with E-state index in [4.69, 9.17) is 4.74 Å². The summed E-state index contributed by atoms with van der Waals surface area (Å²) in [6, 6.07) is 11.5. The molecule has 0 bridgehead atoms. The van der Waals surface area contributed by atoms with Gasteiger partial charge in [-0.2, -0.15) is 0 Å². The first kappa shape index (κ1) is 17.1. The van der Waals surface area contributed by atoms with E-state index < -0.39 is 0 Å². The Bertz CT molecular complexity index is 808. The van der Waals surface area contributed by atoms with Crippen molar-refractivity contribution >= 4 is 11.6 Å². The quantitative estimate of drug-likeness (QED) is 0.846. The van der Waals surface area contributed by atoms with Crippen LogP contribution in [0.25, 0.3) is 0 Å². The van der Waals surface area contributed by atoms with Crippen LogP contribution in [-0.4, -0.2) is 48.7 Å². The molecule has 1 fully saturated rings. The topological polar surface area (TPSA) is 54.8 Å². The number of nitrogens with zero attached hydrogens (tertiary/aromatic N) is 3. The van der Waals surface area contributed by atoms with Gasteiger partial charge in [0.25, 0.3) is 5.56 Å². The van der Waals surface area contributed by atoms with Gasteiger partial charge in [0.2, 0.25) is 5.91 Å². The molecule has 1 amide bonds. The number of pyridine rings is 1. The van der Waals surface area contributed by atoms with Crippen LogP contribution in [0.4, 0.5) is 5.69 Å². The molecule has 1 aromatic heterocycles. The molecule has 0 radical (unpaired) electrons. The van der Waals surface area contributed by atoms with E-state index in [0.717, 1.165) is 24.5 Å². The molecule has 2 heterocycles. The first-order valence-corrected chi connectivity index (χ1v) is 8.42. The van der Waals surface area contributed by atoms with Crippen LogP contribution in [-0.2, 0) is 11.3 Å². The molecule has 0 saturated carbocycles. The zero-order valence-electron chi connectivity index (χ0n) is 14.6.